The fourth-order valence-corrected chi connectivity index (χ4v) is 3.26. The highest BCUT2D eigenvalue weighted by Gasteiger charge is 2.33. The molecule has 2 aromatic rings. The average molecular weight is 382 g/mol. The van der Waals surface area contributed by atoms with E-state index in [2.05, 4.69) is 10.6 Å². The first-order valence-corrected chi connectivity index (χ1v) is 8.68. The number of ether oxygens (including phenoxy) is 3. The molecule has 0 aromatic heterocycles. The summed E-state index contributed by atoms with van der Waals surface area (Å²) in [6.07, 6.45) is 0. The van der Waals surface area contributed by atoms with Crippen LogP contribution in [-0.4, -0.2) is 33.1 Å². The fraction of sp³-hybridized carbons (Fsp3) is 0.238. The molecule has 146 valence electrons. The summed E-state index contributed by atoms with van der Waals surface area (Å²) in [5, 5.41) is 5.50. The number of nitrogens with one attached hydrogen (secondary N) is 2. The number of amides is 2. The molecule has 0 aliphatic carbocycles. The molecule has 0 bridgehead atoms. The van der Waals surface area contributed by atoms with Gasteiger partial charge in [-0.2, -0.15) is 0 Å². The third-order valence-electron chi connectivity index (χ3n) is 4.57. The van der Waals surface area contributed by atoms with E-state index in [4.69, 9.17) is 14.2 Å². The van der Waals surface area contributed by atoms with Crippen molar-refractivity contribution >= 4 is 11.8 Å². The summed E-state index contributed by atoms with van der Waals surface area (Å²) in [5.41, 5.74) is 2.12. The van der Waals surface area contributed by atoms with Crippen LogP contribution < -0.4 is 24.8 Å². The topological polar surface area (TPSA) is 85.9 Å². The van der Waals surface area contributed by atoms with Gasteiger partial charge in [-0.05, 0) is 24.6 Å². The Hall–Kier alpha value is -3.48. The van der Waals surface area contributed by atoms with Crippen LogP contribution in [-0.2, 0) is 0 Å². The molecule has 1 atom stereocenters. The number of hydrogen-bond donors (Lipinski definition) is 2. The van der Waals surface area contributed by atoms with Gasteiger partial charge < -0.3 is 24.8 Å². The Kier molecular flexibility index (Phi) is 5.54. The normalized spacial score (nSPS) is 16.1. The number of carbonyl (C=O) groups excluding carboxylic acids is 2. The number of rotatable bonds is 6. The number of ketones is 1. The number of Topliss-reactive ketones (excluding diaryl/α,β-unsaturated/α-hetero) is 1. The predicted molar refractivity (Wildman–Crippen MR) is 104 cm³/mol. The van der Waals surface area contributed by atoms with Gasteiger partial charge in [0.1, 0.15) is 0 Å². The molecule has 0 spiro atoms. The monoisotopic (exact) mass is 382 g/mol. The van der Waals surface area contributed by atoms with Crippen molar-refractivity contribution in [3.8, 4) is 17.2 Å². The summed E-state index contributed by atoms with van der Waals surface area (Å²) in [5.74, 6) is 1.14. The standard InChI is InChI=1S/C21H22N2O5/c1-12-17(19(24)13-8-6-5-7-9-13)18(23-21(25)22-12)14-10-15(26-2)20(28-4)16(11-14)27-3/h5-11,18H,1-4H3,(H2,22,23,25)/t18-/m0/s1. The molecule has 2 aromatic carbocycles. The van der Waals surface area contributed by atoms with Crippen LogP contribution in [0.25, 0.3) is 0 Å². The molecule has 3 rings (SSSR count). The molecule has 0 saturated carbocycles. The van der Waals surface area contributed by atoms with Gasteiger partial charge in [-0.3, -0.25) is 4.79 Å². The van der Waals surface area contributed by atoms with E-state index in [1.807, 2.05) is 6.07 Å². The lowest BCUT2D eigenvalue weighted by Crippen LogP contribution is -2.45. The van der Waals surface area contributed by atoms with Gasteiger partial charge in [0.25, 0.3) is 0 Å². The van der Waals surface area contributed by atoms with Crippen molar-refractivity contribution in [1.29, 1.82) is 0 Å². The lowest BCUT2D eigenvalue weighted by molar-refractivity contribution is 0.102. The van der Waals surface area contributed by atoms with Crippen LogP contribution >= 0.6 is 0 Å². The molecule has 28 heavy (non-hydrogen) atoms. The summed E-state index contributed by atoms with van der Waals surface area (Å²) < 4.78 is 16.2. The molecule has 7 heteroatoms. The molecular weight excluding hydrogens is 360 g/mol. The van der Waals surface area contributed by atoms with Gasteiger partial charge >= 0.3 is 6.03 Å². The number of benzene rings is 2. The number of urea groups is 1. The first-order chi connectivity index (χ1) is 13.5. The first kappa shape index (κ1) is 19.3. The van der Waals surface area contributed by atoms with Crippen molar-refractivity contribution in [2.45, 2.75) is 13.0 Å². The Balaban J connectivity index is 2.14. The van der Waals surface area contributed by atoms with Crippen molar-refractivity contribution in [2.75, 3.05) is 21.3 Å². The smallest absolute Gasteiger partial charge is 0.319 e. The van der Waals surface area contributed by atoms with E-state index in [1.165, 1.54) is 21.3 Å². The minimum absolute atomic E-state index is 0.177. The number of allylic oxidation sites excluding steroid dienone is 1. The third kappa shape index (κ3) is 3.51. The number of carbonyl (C=O) groups is 2. The zero-order chi connectivity index (χ0) is 20.3. The molecule has 0 radical (unpaired) electrons. The fourth-order valence-electron chi connectivity index (χ4n) is 3.26. The van der Waals surface area contributed by atoms with Gasteiger partial charge in [-0.15, -0.1) is 0 Å². The quantitative estimate of drug-likeness (QED) is 0.749. The van der Waals surface area contributed by atoms with E-state index in [9.17, 15) is 9.59 Å². The summed E-state index contributed by atoms with van der Waals surface area (Å²) in [6.45, 7) is 1.71. The maximum Gasteiger partial charge on any atom is 0.319 e. The second-order valence-corrected chi connectivity index (χ2v) is 6.22. The highest BCUT2D eigenvalue weighted by atomic mass is 16.5. The molecule has 1 heterocycles. The molecule has 0 saturated heterocycles. The summed E-state index contributed by atoms with van der Waals surface area (Å²) in [7, 11) is 4.54. The second kappa shape index (κ2) is 8.04. The van der Waals surface area contributed by atoms with Crippen LogP contribution in [0.5, 0.6) is 17.2 Å². The maximum atomic E-state index is 13.2. The largest absolute Gasteiger partial charge is 0.493 e. The molecule has 2 amide bonds. The van der Waals surface area contributed by atoms with Gasteiger partial charge in [0.2, 0.25) is 5.75 Å². The second-order valence-electron chi connectivity index (χ2n) is 6.22. The molecular formula is C21H22N2O5. The average Bonchev–Trinajstić information content (AvgIpc) is 2.72. The molecule has 1 aliphatic heterocycles. The zero-order valence-corrected chi connectivity index (χ0v) is 16.2. The summed E-state index contributed by atoms with van der Waals surface area (Å²) >= 11 is 0. The summed E-state index contributed by atoms with van der Waals surface area (Å²) in [6, 6.07) is 11.3. The summed E-state index contributed by atoms with van der Waals surface area (Å²) in [4.78, 5) is 25.3. The van der Waals surface area contributed by atoms with Gasteiger partial charge in [0, 0.05) is 16.8 Å². The molecule has 7 nitrogen and oxygen atoms in total. The van der Waals surface area contributed by atoms with Crippen LogP contribution in [0.1, 0.15) is 28.9 Å². The Morgan fingerprint density at radius 3 is 2.11 bits per heavy atom. The van der Waals surface area contributed by atoms with Crippen molar-refractivity contribution < 1.29 is 23.8 Å². The van der Waals surface area contributed by atoms with Crippen LogP contribution in [0, 0.1) is 0 Å². The molecule has 0 unspecified atom stereocenters. The zero-order valence-electron chi connectivity index (χ0n) is 16.2. The Bertz CT molecular complexity index is 912. The highest BCUT2D eigenvalue weighted by molar-refractivity contribution is 6.11. The minimum Gasteiger partial charge on any atom is -0.493 e. The van der Waals surface area contributed by atoms with E-state index in [1.54, 1.807) is 43.3 Å². The van der Waals surface area contributed by atoms with E-state index in [0.717, 1.165) is 0 Å². The molecule has 2 N–H and O–H groups in total. The molecule has 0 fully saturated rings. The van der Waals surface area contributed by atoms with E-state index >= 15 is 0 Å². The minimum atomic E-state index is -0.671. The molecule has 1 aliphatic rings. The first-order valence-electron chi connectivity index (χ1n) is 8.68. The lowest BCUT2D eigenvalue weighted by Gasteiger charge is -2.29. The Labute approximate surface area is 163 Å². The van der Waals surface area contributed by atoms with Crippen molar-refractivity contribution in [3.63, 3.8) is 0 Å². The van der Waals surface area contributed by atoms with Gasteiger partial charge in [0.05, 0.1) is 27.4 Å². The highest BCUT2D eigenvalue weighted by Crippen LogP contribution is 2.41. The van der Waals surface area contributed by atoms with Crippen molar-refractivity contribution in [2.24, 2.45) is 0 Å². The maximum absolute atomic E-state index is 13.2. The third-order valence-corrected chi connectivity index (χ3v) is 4.57. The van der Waals surface area contributed by atoms with E-state index in [0.29, 0.717) is 39.6 Å². The van der Waals surface area contributed by atoms with Crippen LogP contribution in [0.2, 0.25) is 0 Å². The van der Waals surface area contributed by atoms with Crippen LogP contribution in [0.4, 0.5) is 4.79 Å². The van der Waals surface area contributed by atoms with Crippen LogP contribution in [0.3, 0.4) is 0 Å². The van der Waals surface area contributed by atoms with Crippen molar-refractivity contribution in [1.82, 2.24) is 10.6 Å². The SMILES string of the molecule is COc1cc([C@@H]2NC(=O)NC(C)=C2C(=O)c2ccccc2)cc(OC)c1OC. The van der Waals surface area contributed by atoms with Crippen LogP contribution in [0.15, 0.2) is 53.7 Å². The van der Waals surface area contributed by atoms with E-state index < -0.39 is 6.04 Å². The van der Waals surface area contributed by atoms with Crippen molar-refractivity contribution in [3.05, 3.63) is 64.9 Å². The van der Waals surface area contributed by atoms with Gasteiger partial charge in [0.15, 0.2) is 17.3 Å². The number of methoxy groups -OCH3 is 3. The van der Waals surface area contributed by atoms with E-state index in [-0.39, 0.29) is 11.8 Å². The van der Waals surface area contributed by atoms with Gasteiger partial charge in [-0.25, -0.2) is 4.79 Å². The Morgan fingerprint density at radius 2 is 1.57 bits per heavy atom. The number of hydrogen-bond acceptors (Lipinski definition) is 5. The lowest BCUT2D eigenvalue weighted by atomic mass is 9.89. The predicted octanol–water partition coefficient (Wildman–Crippen LogP) is 3.22. The Morgan fingerprint density at radius 1 is 0.964 bits per heavy atom. The van der Waals surface area contributed by atoms with Gasteiger partial charge in [-0.1, -0.05) is 30.3 Å².